The number of halogens is 1. The molecule has 47 heavy (non-hydrogen) atoms. The zero-order valence-electron chi connectivity index (χ0n) is 26.4. The lowest BCUT2D eigenvalue weighted by atomic mass is 10.2. The molecule has 5 aromatic rings. The highest BCUT2D eigenvalue weighted by Gasteiger charge is 2.07. The van der Waals surface area contributed by atoms with Crippen molar-refractivity contribution < 1.29 is 24.2 Å². The predicted octanol–water partition coefficient (Wildman–Crippen LogP) is 8.07. The minimum absolute atomic E-state index is 0.130. The summed E-state index contributed by atoms with van der Waals surface area (Å²) >= 11 is 13.3. The number of thiazole rings is 2. The number of thiocarbonyl (C=S) groups is 1. The van der Waals surface area contributed by atoms with Gasteiger partial charge in [-0.2, -0.15) is 0 Å². The van der Waals surface area contributed by atoms with Gasteiger partial charge in [0.05, 0.1) is 24.4 Å². The van der Waals surface area contributed by atoms with Crippen LogP contribution in [-0.2, 0) is 32.0 Å². The van der Waals surface area contributed by atoms with Crippen LogP contribution < -0.4 is 0 Å². The molecule has 0 aliphatic rings. The summed E-state index contributed by atoms with van der Waals surface area (Å²) in [5, 5.41) is 14.7. The van der Waals surface area contributed by atoms with Crippen LogP contribution >= 0.6 is 46.5 Å². The highest BCUT2D eigenvalue weighted by Crippen LogP contribution is 2.24. The van der Waals surface area contributed by atoms with E-state index in [0.717, 1.165) is 43.0 Å². The van der Waals surface area contributed by atoms with Crippen LogP contribution in [0, 0.1) is 0 Å². The Kier molecular flexibility index (Phi) is 18.8. The quantitative estimate of drug-likeness (QED) is 0.0511. The van der Waals surface area contributed by atoms with Crippen LogP contribution in [0.2, 0.25) is 0 Å². The van der Waals surface area contributed by atoms with E-state index in [2.05, 4.69) is 14.7 Å². The number of esters is 1. The van der Waals surface area contributed by atoms with Crippen LogP contribution in [-0.4, -0.2) is 57.1 Å². The van der Waals surface area contributed by atoms with E-state index in [1.54, 1.807) is 29.6 Å². The van der Waals surface area contributed by atoms with E-state index < -0.39 is 5.97 Å². The van der Waals surface area contributed by atoms with E-state index in [1.165, 1.54) is 7.11 Å². The highest BCUT2D eigenvalue weighted by molar-refractivity contribution is 7.80. The summed E-state index contributed by atoms with van der Waals surface area (Å²) < 4.78 is 4.20. The van der Waals surface area contributed by atoms with Gasteiger partial charge in [-0.1, -0.05) is 103 Å². The average molecular weight is 709 g/mol. The minimum Gasteiger partial charge on any atom is -0.469 e. The van der Waals surface area contributed by atoms with Crippen molar-refractivity contribution in [1.29, 1.82) is 0 Å². The Morgan fingerprint density at radius 2 is 1.26 bits per heavy atom. The van der Waals surface area contributed by atoms with Crippen LogP contribution in [0.25, 0.3) is 21.1 Å². The first-order valence-electron chi connectivity index (χ1n) is 14.5. The summed E-state index contributed by atoms with van der Waals surface area (Å²) in [6.45, 7) is 3.68. The fourth-order valence-corrected chi connectivity index (χ4v) is 5.48. The second kappa shape index (κ2) is 22.6. The maximum absolute atomic E-state index is 10.9. The van der Waals surface area contributed by atoms with Gasteiger partial charge in [0.15, 0.2) is 5.78 Å². The van der Waals surface area contributed by atoms with E-state index in [1.807, 2.05) is 109 Å². The number of Topliss-reactive ketones (excluding diaryl/α,β-unsaturated/α-hetero) is 2. The SMILES string of the molecule is CC(=O)Cc1csc(-c2ccccc2)n1.CC(=S)c1ccccc1.COC(=O)CC(=O)CCl.OCCc1csc(-c2ccccc2)n1. The summed E-state index contributed by atoms with van der Waals surface area (Å²) in [6.07, 6.45) is 0.854. The summed E-state index contributed by atoms with van der Waals surface area (Å²) in [6, 6.07) is 30.1. The summed E-state index contributed by atoms with van der Waals surface area (Å²) in [5.41, 5.74) is 5.23. The molecule has 11 heteroatoms. The number of aliphatic hydroxyl groups excluding tert-OH is 1. The summed E-state index contributed by atoms with van der Waals surface area (Å²) in [5.74, 6) is -0.834. The number of benzene rings is 3. The summed E-state index contributed by atoms with van der Waals surface area (Å²) in [4.78, 5) is 41.4. The maximum atomic E-state index is 10.9. The second-order valence-electron chi connectivity index (χ2n) is 9.72. The largest absolute Gasteiger partial charge is 0.469 e. The Morgan fingerprint density at radius 1 is 0.787 bits per heavy atom. The van der Waals surface area contributed by atoms with E-state index in [0.29, 0.717) is 12.8 Å². The number of carbonyl (C=O) groups is 3. The van der Waals surface area contributed by atoms with Crippen LogP contribution in [0.4, 0.5) is 0 Å². The van der Waals surface area contributed by atoms with Crippen molar-refractivity contribution in [3.05, 3.63) is 119 Å². The third kappa shape index (κ3) is 16.0. The zero-order chi connectivity index (χ0) is 34.4. The Balaban J connectivity index is 0.000000224. The average Bonchev–Trinajstić information content (AvgIpc) is 3.77. The molecule has 0 saturated carbocycles. The molecule has 0 unspecified atom stereocenters. The molecule has 1 N–H and O–H groups in total. The lowest BCUT2D eigenvalue weighted by molar-refractivity contribution is -0.142. The fraction of sp³-hybridized carbons (Fsp3) is 0.222. The van der Waals surface area contributed by atoms with Gasteiger partial charge in [0.25, 0.3) is 0 Å². The van der Waals surface area contributed by atoms with Gasteiger partial charge < -0.3 is 9.84 Å². The van der Waals surface area contributed by atoms with Crippen molar-refractivity contribution in [2.24, 2.45) is 0 Å². The number of aliphatic hydroxyl groups is 1. The van der Waals surface area contributed by atoms with Crippen LogP contribution in [0.3, 0.4) is 0 Å². The molecule has 0 spiro atoms. The van der Waals surface area contributed by atoms with Gasteiger partial charge in [-0.05, 0) is 19.4 Å². The number of ether oxygens (including phenoxy) is 1. The first kappa shape index (κ1) is 39.2. The molecule has 3 aromatic carbocycles. The molecular formula is C36H37ClN2O5S3. The predicted molar refractivity (Wildman–Crippen MR) is 196 cm³/mol. The van der Waals surface area contributed by atoms with E-state index in [-0.39, 0.29) is 30.5 Å². The van der Waals surface area contributed by atoms with Gasteiger partial charge in [0.2, 0.25) is 0 Å². The highest BCUT2D eigenvalue weighted by atomic mass is 35.5. The number of aromatic nitrogens is 2. The van der Waals surface area contributed by atoms with E-state index in [4.69, 9.17) is 28.9 Å². The van der Waals surface area contributed by atoms with E-state index >= 15 is 0 Å². The molecule has 5 rings (SSSR count). The van der Waals surface area contributed by atoms with Gasteiger partial charge in [-0.25, -0.2) is 9.97 Å². The first-order chi connectivity index (χ1) is 22.7. The standard InChI is InChI=1S/C12H11NOS.C11H11NOS.C8H8S.C5H7ClO3/c1-9(14)7-11-8-15-12(13-11)10-5-3-2-4-6-10;13-7-6-10-8-14-11(12-10)9-4-2-1-3-5-9;1-7(9)8-5-3-2-4-6-8;1-9-5(8)2-4(7)3-6/h2-6,8H,7H2,1H3;1-5,8,13H,6-7H2;2-6H,1H3;2-3H2,1H3. The fourth-order valence-electron chi connectivity index (χ4n) is 3.56. The lowest BCUT2D eigenvalue weighted by Crippen LogP contribution is -2.09. The number of nitrogens with zero attached hydrogens (tertiary/aromatic N) is 2. The molecular weight excluding hydrogens is 672 g/mol. The molecule has 0 aliphatic heterocycles. The lowest BCUT2D eigenvalue weighted by Gasteiger charge is -1.93. The maximum Gasteiger partial charge on any atom is 0.313 e. The number of ketones is 2. The minimum atomic E-state index is -0.541. The number of methoxy groups -OCH3 is 1. The van der Waals surface area contributed by atoms with Gasteiger partial charge in [-0.3, -0.25) is 14.4 Å². The van der Waals surface area contributed by atoms with Gasteiger partial charge in [-0.15, -0.1) is 34.3 Å². The molecule has 0 amide bonds. The van der Waals surface area contributed by atoms with Gasteiger partial charge in [0.1, 0.15) is 22.2 Å². The van der Waals surface area contributed by atoms with Crippen molar-refractivity contribution in [3.8, 4) is 21.1 Å². The Hall–Kier alpha value is -3.93. The monoisotopic (exact) mass is 708 g/mol. The Labute approximate surface area is 294 Å². The molecule has 0 radical (unpaired) electrons. The third-order valence-electron chi connectivity index (χ3n) is 5.84. The zero-order valence-corrected chi connectivity index (χ0v) is 29.6. The molecule has 0 fully saturated rings. The number of hydrogen-bond donors (Lipinski definition) is 1. The van der Waals surface area contributed by atoms with Crippen molar-refractivity contribution >= 4 is 68.9 Å². The van der Waals surface area contributed by atoms with Crippen LogP contribution in [0.15, 0.2) is 102 Å². The molecule has 7 nitrogen and oxygen atoms in total. The Bertz CT molecular complexity index is 1650. The molecule has 0 saturated heterocycles. The number of alkyl halides is 1. The first-order valence-corrected chi connectivity index (χ1v) is 17.2. The molecule has 0 bridgehead atoms. The van der Waals surface area contributed by atoms with Gasteiger partial charge >= 0.3 is 5.97 Å². The second-order valence-corrected chi connectivity index (χ2v) is 12.3. The van der Waals surface area contributed by atoms with Crippen molar-refractivity contribution in [2.75, 3.05) is 19.6 Å². The molecule has 246 valence electrons. The van der Waals surface area contributed by atoms with E-state index in [9.17, 15) is 14.4 Å². The normalized spacial score (nSPS) is 9.72. The topological polar surface area (TPSA) is 106 Å². The smallest absolute Gasteiger partial charge is 0.313 e. The third-order valence-corrected chi connectivity index (χ3v) is 8.26. The molecule has 2 heterocycles. The van der Waals surface area contributed by atoms with Crippen molar-refractivity contribution in [2.45, 2.75) is 33.1 Å². The Morgan fingerprint density at radius 3 is 1.66 bits per heavy atom. The van der Waals surface area contributed by atoms with Crippen molar-refractivity contribution in [1.82, 2.24) is 9.97 Å². The van der Waals surface area contributed by atoms with Crippen molar-refractivity contribution in [3.63, 3.8) is 0 Å². The van der Waals surface area contributed by atoms with Gasteiger partial charge in [0, 0.05) is 46.2 Å². The molecule has 0 atom stereocenters. The molecule has 2 aromatic heterocycles. The number of rotatable bonds is 10. The number of carbonyl (C=O) groups excluding carboxylic acids is 3. The van der Waals surface area contributed by atoms with Crippen LogP contribution in [0.1, 0.15) is 37.2 Å². The summed E-state index contributed by atoms with van der Waals surface area (Å²) in [7, 11) is 1.23. The number of hydrogen-bond acceptors (Lipinski definition) is 10. The van der Waals surface area contributed by atoms with Crippen LogP contribution in [0.5, 0.6) is 0 Å². The molecule has 0 aliphatic carbocycles.